The van der Waals surface area contributed by atoms with E-state index in [0.717, 1.165) is 19.2 Å². The number of nitrogens with zero attached hydrogens (tertiary/aromatic N) is 4. The van der Waals surface area contributed by atoms with Crippen LogP contribution < -0.4 is 20.1 Å². The Kier molecular flexibility index (Phi) is 7.13. The van der Waals surface area contributed by atoms with Crippen LogP contribution in [0, 0.1) is 24.4 Å². The molecule has 0 radical (unpaired) electrons. The highest BCUT2D eigenvalue weighted by atomic mass is 19.1. The fourth-order valence-electron chi connectivity index (χ4n) is 3.49. The number of guanidine groups is 1. The summed E-state index contributed by atoms with van der Waals surface area (Å²) < 4.78 is 54.0. The Hall–Kier alpha value is -4.81. The molecule has 4 aromatic rings. The summed E-state index contributed by atoms with van der Waals surface area (Å²) in [5.74, 6) is -3.76. The van der Waals surface area contributed by atoms with E-state index < -0.39 is 29.1 Å². The predicted molar refractivity (Wildman–Crippen MR) is 130 cm³/mol. The number of halogens is 3. The second-order valence-corrected chi connectivity index (χ2v) is 7.77. The van der Waals surface area contributed by atoms with E-state index in [2.05, 4.69) is 30.9 Å². The molecule has 0 atom stereocenters. The van der Waals surface area contributed by atoms with Crippen LogP contribution in [0.4, 0.5) is 24.7 Å². The number of aromatic nitrogens is 4. The zero-order chi connectivity index (χ0) is 26.7. The Morgan fingerprint density at radius 1 is 1.08 bits per heavy atom. The zero-order valence-electron chi connectivity index (χ0n) is 20.2. The van der Waals surface area contributed by atoms with Gasteiger partial charge in [0.25, 0.3) is 5.91 Å². The number of ether oxygens (including phenoxy) is 2. The number of benzene rings is 2. The van der Waals surface area contributed by atoms with E-state index in [4.69, 9.17) is 9.47 Å². The zero-order valence-corrected chi connectivity index (χ0v) is 20.2. The largest absolute Gasteiger partial charge is 0.494 e. The molecule has 0 saturated heterocycles. The van der Waals surface area contributed by atoms with Crippen molar-refractivity contribution in [3.63, 3.8) is 0 Å². The average molecular weight is 513 g/mol. The number of anilines is 1. The van der Waals surface area contributed by atoms with Crippen molar-refractivity contribution in [1.29, 1.82) is 0 Å². The molecule has 0 unspecified atom stereocenters. The molecule has 0 aliphatic carbocycles. The molecular formula is C24H22F3N7O3. The minimum absolute atomic E-state index is 0.0754. The normalized spacial score (nSPS) is 11.4. The van der Waals surface area contributed by atoms with Crippen molar-refractivity contribution in [2.24, 2.45) is 12.0 Å². The summed E-state index contributed by atoms with van der Waals surface area (Å²) in [5, 5.41) is 16.1. The van der Waals surface area contributed by atoms with Gasteiger partial charge in [0.1, 0.15) is 0 Å². The number of hydrogen-bond acceptors (Lipinski definition) is 6. The summed E-state index contributed by atoms with van der Waals surface area (Å²) in [6, 6.07) is 7.95. The van der Waals surface area contributed by atoms with E-state index in [1.165, 1.54) is 36.2 Å². The van der Waals surface area contributed by atoms with Gasteiger partial charge >= 0.3 is 0 Å². The van der Waals surface area contributed by atoms with E-state index in [9.17, 15) is 18.0 Å². The summed E-state index contributed by atoms with van der Waals surface area (Å²) in [5.41, 5.74) is 1.38. The third-order valence-corrected chi connectivity index (χ3v) is 5.25. The molecule has 2 heterocycles. The third-order valence-electron chi connectivity index (χ3n) is 5.25. The minimum atomic E-state index is -1.03. The number of rotatable bonds is 6. The highest BCUT2D eigenvalue weighted by Crippen LogP contribution is 2.29. The Labute approximate surface area is 209 Å². The molecule has 0 aliphatic rings. The van der Waals surface area contributed by atoms with Gasteiger partial charge in [-0.3, -0.25) is 19.9 Å². The Morgan fingerprint density at radius 2 is 1.86 bits per heavy atom. The molecule has 2 aromatic heterocycles. The SMILES string of the molecule is COc1ccc(-c2cc(N=C(NC(=O)c3cn(C)nc3C)Nc3ccc(F)c(OC)c3F)n[nH]2)cc1F. The van der Waals surface area contributed by atoms with Crippen LogP contribution >= 0.6 is 0 Å². The van der Waals surface area contributed by atoms with Crippen LogP contribution in [0.1, 0.15) is 16.1 Å². The van der Waals surface area contributed by atoms with Crippen LogP contribution in [0.2, 0.25) is 0 Å². The summed E-state index contributed by atoms with van der Waals surface area (Å²) in [6.45, 7) is 1.65. The van der Waals surface area contributed by atoms with Crippen LogP contribution in [0.25, 0.3) is 11.3 Å². The maximum absolute atomic E-state index is 14.8. The van der Waals surface area contributed by atoms with Crippen LogP contribution in [0.3, 0.4) is 0 Å². The van der Waals surface area contributed by atoms with Gasteiger partial charge in [0.15, 0.2) is 34.8 Å². The first-order chi connectivity index (χ1) is 17.7. The molecule has 3 N–H and O–H groups in total. The topological polar surface area (TPSA) is 118 Å². The fourth-order valence-corrected chi connectivity index (χ4v) is 3.49. The smallest absolute Gasteiger partial charge is 0.261 e. The van der Waals surface area contributed by atoms with Crippen LogP contribution in [-0.4, -0.2) is 46.1 Å². The molecule has 0 saturated carbocycles. The number of H-pyrrole nitrogens is 1. The van der Waals surface area contributed by atoms with Gasteiger partial charge in [0.05, 0.1) is 36.9 Å². The highest BCUT2D eigenvalue weighted by molar-refractivity contribution is 6.11. The quantitative estimate of drug-likeness (QED) is 0.264. The number of carbonyl (C=O) groups excluding carboxylic acids is 1. The Bertz CT molecular complexity index is 1500. The molecular weight excluding hydrogens is 491 g/mol. The molecule has 0 spiro atoms. The van der Waals surface area contributed by atoms with Crippen molar-refractivity contribution in [2.75, 3.05) is 19.5 Å². The van der Waals surface area contributed by atoms with Gasteiger partial charge in [-0.1, -0.05) is 0 Å². The van der Waals surface area contributed by atoms with Crippen molar-refractivity contribution in [1.82, 2.24) is 25.3 Å². The first-order valence-corrected chi connectivity index (χ1v) is 10.8. The number of hydrogen-bond donors (Lipinski definition) is 3. The maximum atomic E-state index is 14.8. The van der Waals surface area contributed by atoms with Gasteiger partial charge in [-0.2, -0.15) is 15.2 Å². The lowest BCUT2D eigenvalue weighted by atomic mass is 10.1. The van der Waals surface area contributed by atoms with Crippen LogP contribution in [0.15, 0.2) is 47.6 Å². The highest BCUT2D eigenvalue weighted by Gasteiger charge is 2.19. The fraction of sp³-hybridized carbons (Fsp3) is 0.167. The molecule has 1 amide bonds. The van der Waals surface area contributed by atoms with Crippen molar-refractivity contribution in [3.05, 3.63) is 71.3 Å². The number of amides is 1. The van der Waals surface area contributed by atoms with Gasteiger partial charge in [-0.15, -0.1) is 0 Å². The molecule has 13 heteroatoms. The predicted octanol–water partition coefficient (Wildman–Crippen LogP) is 4.08. The molecule has 0 aliphatic heterocycles. The summed E-state index contributed by atoms with van der Waals surface area (Å²) in [6.07, 6.45) is 1.51. The maximum Gasteiger partial charge on any atom is 0.261 e. The number of aryl methyl sites for hydroxylation is 2. The first kappa shape index (κ1) is 25.3. The van der Waals surface area contributed by atoms with E-state index in [1.54, 1.807) is 20.0 Å². The van der Waals surface area contributed by atoms with E-state index in [0.29, 0.717) is 17.0 Å². The van der Waals surface area contributed by atoms with E-state index in [-0.39, 0.29) is 28.8 Å². The van der Waals surface area contributed by atoms with Gasteiger partial charge in [0.2, 0.25) is 5.96 Å². The van der Waals surface area contributed by atoms with Gasteiger partial charge in [-0.25, -0.2) is 13.2 Å². The van der Waals surface area contributed by atoms with Crippen molar-refractivity contribution in [3.8, 4) is 22.8 Å². The number of methoxy groups -OCH3 is 2. The number of nitrogens with one attached hydrogen (secondary N) is 3. The molecule has 192 valence electrons. The second kappa shape index (κ2) is 10.4. The number of aliphatic imine (C=N–C) groups is 1. The second-order valence-electron chi connectivity index (χ2n) is 7.77. The van der Waals surface area contributed by atoms with Gasteiger partial charge in [0, 0.05) is 24.9 Å². The number of aromatic amines is 1. The molecule has 37 heavy (non-hydrogen) atoms. The van der Waals surface area contributed by atoms with Crippen LogP contribution in [0.5, 0.6) is 11.5 Å². The van der Waals surface area contributed by atoms with Crippen molar-refractivity contribution in [2.45, 2.75) is 6.92 Å². The standard InChI is InChI=1S/C24H22F3N7O3/c1-12-14(11-34(2)33-12)23(35)30-24(28-17-7-6-15(25)22(37-4)21(17)27)29-20-10-18(31-32-20)13-5-8-19(36-3)16(26)9-13/h5-11H,1-4H3,(H3,28,29,30,31,32,35). The van der Waals surface area contributed by atoms with E-state index in [1.807, 2.05) is 0 Å². The summed E-state index contributed by atoms with van der Waals surface area (Å²) in [7, 11) is 4.14. The van der Waals surface area contributed by atoms with Gasteiger partial charge in [-0.05, 0) is 37.3 Å². The summed E-state index contributed by atoms with van der Waals surface area (Å²) >= 11 is 0. The van der Waals surface area contributed by atoms with Gasteiger partial charge < -0.3 is 14.8 Å². The monoisotopic (exact) mass is 513 g/mol. The minimum Gasteiger partial charge on any atom is -0.494 e. The molecule has 0 fully saturated rings. The molecule has 2 aromatic carbocycles. The first-order valence-electron chi connectivity index (χ1n) is 10.8. The van der Waals surface area contributed by atoms with Crippen LogP contribution in [-0.2, 0) is 7.05 Å². The van der Waals surface area contributed by atoms with Crippen molar-refractivity contribution >= 4 is 23.4 Å². The Morgan fingerprint density at radius 3 is 2.51 bits per heavy atom. The third kappa shape index (κ3) is 5.39. The van der Waals surface area contributed by atoms with E-state index >= 15 is 0 Å². The lowest BCUT2D eigenvalue weighted by Gasteiger charge is -2.13. The Balaban J connectivity index is 1.69. The molecule has 0 bridgehead atoms. The average Bonchev–Trinajstić information content (AvgIpc) is 3.46. The summed E-state index contributed by atoms with van der Waals surface area (Å²) in [4.78, 5) is 17.2. The number of carbonyl (C=O) groups is 1. The lowest BCUT2D eigenvalue weighted by Crippen LogP contribution is -2.36. The molecule has 4 rings (SSSR count). The van der Waals surface area contributed by atoms with Crippen molar-refractivity contribution < 1.29 is 27.4 Å². The molecule has 10 nitrogen and oxygen atoms in total. The lowest BCUT2D eigenvalue weighted by molar-refractivity contribution is 0.0976.